The van der Waals surface area contributed by atoms with Gasteiger partial charge in [-0.2, -0.15) is 0 Å². The van der Waals surface area contributed by atoms with Gasteiger partial charge >= 0.3 is 0 Å². The van der Waals surface area contributed by atoms with Gasteiger partial charge in [-0.15, -0.1) is 0 Å². The minimum atomic E-state index is -0.485. The van der Waals surface area contributed by atoms with Crippen molar-refractivity contribution in [1.82, 2.24) is 9.55 Å². The molecule has 32 heavy (non-hydrogen) atoms. The van der Waals surface area contributed by atoms with Crippen LogP contribution in [-0.2, 0) is 4.79 Å². The Bertz CT molecular complexity index is 1330. The summed E-state index contributed by atoms with van der Waals surface area (Å²) in [7, 11) is 1.58. The molecule has 0 saturated heterocycles. The number of fused-ring (bicyclic) bond motifs is 1. The van der Waals surface area contributed by atoms with Crippen LogP contribution >= 0.6 is 11.8 Å². The third-order valence-corrected chi connectivity index (χ3v) is 6.08. The number of benzene rings is 3. The summed E-state index contributed by atoms with van der Waals surface area (Å²) in [4.78, 5) is 30.9. The predicted octanol–water partition coefficient (Wildman–Crippen LogP) is 4.82. The minimum Gasteiger partial charge on any atom is -0.497 e. The zero-order valence-electron chi connectivity index (χ0n) is 18.0. The Balaban J connectivity index is 1.72. The van der Waals surface area contributed by atoms with Crippen LogP contribution in [0.4, 0.5) is 5.69 Å². The number of thioether (sulfide) groups is 1. The maximum Gasteiger partial charge on any atom is 0.266 e. The number of amides is 1. The molecule has 7 heteroatoms. The van der Waals surface area contributed by atoms with Gasteiger partial charge in [-0.1, -0.05) is 47.7 Å². The number of hydrogen-bond acceptors (Lipinski definition) is 5. The number of nitrogens with one attached hydrogen (secondary N) is 1. The highest BCUT2D eigenvalue weighted by Crippen LogP contribution is 2.27. The van der Waals surface area contributed by atoms with Gasteiger partial charge in [-0.3, -0.25) is 14.2 Å². The summed E-state index contributed by atoms with van der Waals surface area (Å²) in [6.45, 7) is 3.79. The van der Waals surface area contributed by atoms with Crippen molar-refractivity contribution in [3.8, 4) is 11.4 Å². The molecular formula is C25H23N3O3S. The first kappa shape index (κ1) is 21.6. The molecular weight excluding hydrogens is 422 g/mol. The summed E-state index contributed by atoms with van der Waals surface area (Å²) in [6, 6.07) is 22.1. The second-order valence-corrected chi connectivity index (χ2v) is 8.68. The van der Waals surface area contributed by atoms with Crippen LogP contribution in [0.25, 0.3) is 16.6 Å². The van der Waals surface area contributed by atoms with Crippen LogP contribution in [0.5, 0.6) is 5.75 Å². The number of aryl methyl sites for hydroxylation is 1. The molecule has 0 aliphatic heterocycles. The molecule has 6 nitrogen and oxygen atoms in total. The van der Waals surface area contributed by atoms with Crippen LogP contribution in [0.3, 0.4) is 0 Å². The van der Waals surface area contributed by atoms with Crippen molar-refractivity contribution in [2.24, 2.45) is 0 Å². The number of aromatic nitrogens is 2. The first-order valence-electron chi connectivity index (χ1n) is 10.2. The standard InChI is InChI=1S/C25H23N3O3S/c1-16-11-13-18(14-12-16)26-23(29)17(2)32-25-27-22-10-5-4-9-21(22)24(30)28(25)19-7-6-8-20(15-19)31-3/h4-15,17H,1-3H3,(H,26,29)/t17-/m1/s1. The molecule has 0 bridgehead atoms. The predicted molar refractivity (Wildman–Crippen MR) is 129 cm³/mol. The molecule has 4 rings (SSSR count). The molecule has 0 fully saturated rings. The fourth-order valence-electron chi connectivity index (χ4n) is 3.26. The van der Waals surface area contributed by atoms with E-state index >= 15 is 0 Å². The van der Waals surface area contributed by atoms with Crippen molar-refractivity contribution >= 4 is 34.3 Å². The summed E-state index contributed by atoms with van der Waals surface area (Å²) in [5.74, 6) is 0.460. The van der Waals surface area contributed by atoms with Crippen molar-refractivity contribution in [3.05, 3.63) is 88.7 Å². The van der Waals surface area contributed by atoms with E-state index in [1.807, 2.05) is 61.5 Å². The smallest absolute Gasteiger partial charge is 0.266 e. The number of carbonyl (C=O) groups is 1. The Morgan fingerprint density at radius 3 is 2.56 bits per heavy atom. The lowest BCUT2D eigenvalue weighted by Crippen LogP contribution is -2.26. The van der Waals surface area contributed by atoms with E-state index in [0.717, 1.165) is 11.3 Å². The molecule has 1 aromatic heterocycles. The van der Waals surface area contributed by atoms with Gasteiger partial charge in [0.2, 0.25) is 5.91 Å². The van der Waals surface area contributed by atoms with E-state index in [9.17, 15) is 9.59 Å². The number of para-hydroxylation sites is 1. The Morgan fingerprint density at radius 2 is 1.81 bits per heavy atom. The highest BCUT2D eigenvalue weighted by molar-refractivity contribution is 8.00. The lowest BCUT2D eigenvalue weighted by atomic mass is 10.2. The Kier molecular flexibility index (Phi) is 6.28. The Morgan fingerprint density at radius 1 is 1.06 bits per heavy atom. The van der Waals surface area contributed by atoms with Crippen LogP contribution in [-0.4, -0.2) is 27.8 Å². The average Bonchev–Trinajstić information content (AvgIpc) is 2.80. The molecule has 1 amide bonds. The van der Waals surface area contributed by atoms with Gasteiger partial charge in [-0.25, -0.2) is 4.98 Å². The Labute approximate surface area is 190 Å². The van der Waals surface area contributed by atoms with Crippen molar-refractivity contribution < 1.29 is 9.53 Å². The number of anilines is 1. The fourth-order valence-corrected chi connectivity index (χ4v) is 4.19. The monoisotopic (exact) mass is 445 g/mol. The fraction of sp³-hybridized carbons (Fsp3) is 0.160. The molecule has 0 spiro atoms. The van der Waals surface area contributed by atoms with Gasteiger partial charge in [0.25, 0.3) is 5.56 Å². The van der Waals surface area contributed by atoms with E-state index in [4.69, 9.17) is 9.72 Å². The zero-order valence-corrected chi connectivity index (χ0v) is 18.8. The summed E-state index contributed by atoms with van der Waals surface area (Å²) in [6.07, 6.45) is 0. The van der Waals surface area contributed by atoms with Crippen molar-refractivity contribution in [2.45, 2.75) is 24.3 Å². The lowest BCUT2D eigenvalue weighted by molar-refractivity contribution is -0.115. The van der Waals surface area contributed by atoms with Gasteiger partial charge < -0.3 is 10.1 Å². The third-order valence-electron chi connectivity index (χ3n) is 5.03. The minimum absolute atomic E-state index is 0.168. The number of rotatable bonds is 6. The van der Waals surface area contributed by atoms with E-state index < -0.39 is 5.25 Å². The average molecular weight is 446 g/mol. The van der Waals surface area contributed by atoms with Crippen LogP contribution < -0.4 is 15.6 Å². The van der Waals surface area contributed by atoms with Gasteiger partial charge in [0.05, 0.1) is 29.0 Å². The molecule has 0 radical (unpaired) electrons. The maximum atomic E-state index is 13.4. The van der Waals surface area contributed by atoms with E-state index in [0.29, 0.717) is 27.5 Å². The Hall–Kier alpha value is -3.58. The van der Waals surface area contributed by atoms with Gasteiger partial charge in [0, 0.05) is 11.8 Å². The highest BCUT2D eigenvalue weighted by atomic mass is 32.2. The summed E-state index contributed by atoms with van der Waals surface area (Å²) < 4.78 is 6.86. The molecule has 3 aromatic carbocycles. The van der Waals surface area contributed by atoms with Gasteiger partial charge in [-0.05, 0) is 50.2 Å². The second-order valence-electron chi connectivity index (χ2n) is 7.37. The highest BCUT2D eigenvalue weighted by Gasteiger charge is 2.20. The van der Waals surface area contributed by atoms with Crippen LogP contribution in [0.2, 0.25) is 0 Å². The molecule has 0 unspecified atom stereocenters. The van der Waals surface area contributed by atoms with E-state index in [1.54, 1.807) is 32.2 Å². The normalized spacial score (nSPS) is 11.8. The first-order valence-corrected chi connectivity index (χ1v) is 11.0. The summed E-state index contributed by atoms with van der Waals surface area (Å²) >= 11 is 1.24. The second kappa shape index (κ2) is 9.28. The molecule has 4 aromatic rings. The third kappa shape index (κ3) is 4.53. The number of methoxy groups -OCH3 is 1. The summed E-state index contributed by atoms with van der Waals surface area (Å²) in [5, 5.41) is 3.39. The largest absolute Gasteiger partial charge is 0.497 e. The number of hydrogen-bond donors (Lipinski definition) is 1. The lowest BCUT2D eigenvalue weighted by Gasteiger charge is -2.17. The topological polar surface area (TPSA) is 73.2 Å². The number of nitrogens with zero attached hydrogens (tertiary/aromatic N) is 2. The van der Waals surface area contributed by atoms with Gasteiger partial charge in [0.15, 0.2) is 5.16 Å². The van der Waals surface area contributed by atoms with E-state index in [1.165, 1.54) is 16.3 Å². The van der Waals surface area contributed by atoms with E-state index in [-0.39, 0.29) is 11.5 Å². The number of ether oxygens (including phenoxy) is 1. The van der Waals surface area contributed by atoms with Crippen molar-refractivity contribution in [3.63, 3.8) is 0 Å². The summed E-state index contributed by atoms with van der Waals surface area (Å²) in [5.41, 5.74) is 2.86. The van der Waals surface area contributed by atoms with Crippen LogP contribution in [0, 0.1) is 6.92 Å². The quantitative estimate of drug-likeness (QED) is 0.340. The molecule has 162 valence electrons. The molecule has 0 aliphatic carbocycles. The molecule has 1 atom stereocenters. The van der Waals surface area contributed by atoms with Crippen LogP contribution in [0.15, 0.2) is 82.7 Å². The molecule has 1 heterocycles. The number of carbonyl (C=O) groups excluding carboxylic acids is 1. The molecule has 1 N–H and O–H groups in total. The maximum absolute atomic E-state index is 13.4. The SMILES string of the molecule is COc1cccc(-n2c(S[C@H](C)C(=O)Nc3ccc(C)cc3)nc3ccccc3c2=O)c1. The molecule has 0 aliphatic rings. The molecule has 0 saturated carbocycles. The van der Waals surface area contributed by atoms with Crippen molar-refractivity contribution in [2.75, 3.05) is 12.4 Å². The van der Waals surface area contributed by atoms with Crippen LogP contribution in [0.1, 0.15) is 12.5 Å². The zero-order chi connectivity index (χ0) is 22.7. The van der Waals surface area contributed by atoms with E-state index in [2.05, 4.69) is 5.32 Å². The van der Waals surface area contributed by atoms with Gasteiger partial charge in [0.1, 0.15) is 5.75 Å². The van der Waals surface area contributed by atoms with Crippen molar-refractivity contribution in [1.29, 1.82) is 0 Å². The first-order chi connectivity index (χ1) is 15.5.